The third-order valence-electron chi connectivity index (χ3n) is 0.746. The number of hydrogen-bond donors (Lipinski definition) is 0. The van der Waals surface area contributed by atoms with Gasteiger partial charge in [-0.05, 0) is 18.0 Å². The molecule has 0 atom stereocenters. The summed E-state index contributed by atoms with van der Waals surface area (Å²) in [4.78, 5) is 4.12. The SMILES string of the molecule is CCc1nc(I)ns1. The van der Waals surface area contributed by atoms with Gasteiger partial charge in [-0.3, -0.25) is 0 Å². The van der Waals surface area contributed by atoms with Crippen molar-refractivity contribution in [2.45, 2.75) is 13.3 Å². The molecule has 0 unspecified atom stereocenters. The van der Waals surface area contributed by atoms with Crippen molar-refractivity contribution in [1.82, 2.24) is 9.36 Å². The number of rotatable bonds is 1. The molecular formula is C4H5IN2S. The van der Waals surface area contributed by atoms with Crippen LogP contribution in [0.3, 0.4) is 0 Å². The zero-order chi connectivity index (χ0) is 5.98. The molecule has 0 aliphatic rings. The van der Waals surface area contributed by atoms with Crippen LogP contribution in [0, 0.1) is 3.83 Å². The highest BCUT2D eigenvalue weighted by Crippen LogP contribution is 2.05. The Morgan fingerprint density at radius 2 is 2.50 bits per heavy atom. The van der Waals surface area contributed by atoms with Crippen molar-refractivity contribution in [3.05, 3.63) is 8.84 Å². The van der Waals surface area contributed by atoms with Gasteiger partial charge < -0.3 is 0 Å². The van der Waals surface area contributed by atoms with E-state index in [-0.39, 0.29) is 0 Å². The Labute approximate surface area is 65.6 Å². The molecular weight excluding hydrogens is 235 g/mol. The molecule has 0 radical (unpaired) electrons. The zero-order valence-electron chi connectivity index (χ0n) is 4.39. The maximum atomic E-state index is 4.12. The normalized spacial score (nSPS) is 9.75. The number of aromatic nitrogens is 2. The van der Waals surface area contributed by atoms with E-state index in [0.29, 0.717) is 0 Å². The molecule has 0 amide bonds. The third kappa shape index (κ3) is 1.38. The van der Waals surface area contributed by atoms with Crippen molar-refractivity contribution in [3.63, 3.8) is 0 Å². The van der Waals surface area contributed by atoms with Gasteiger partial charge in [-0.2, -0.15) is 4.37 Å². The first kappa shape index (κ1) is 6.41. The first-order valence-electron chi connectivity index (χ1n) is 2.31. The molecule has 44 valence electrons. The molecule has 8 heavy (non-hydrogen) atoms. The van der Waals surface area contributed by atoms with Crippen molar-refractivity contribution in [3.8, 4) is 0 Å². The molecule has 0 N–H and O–H groups in total. The summed E-state index contributed by atoms with van der Waals surface area (Å²) in [6.45, 7) is 2.08. The van der Waals surface area contributed by atoms with Crippen LogP contribution in [0.4, 0.5) is 0 Å². The van der Waals surface area contributed by atoms with Gasteiger partial charge >= 0.3 is 0 Å². The lowest BCUT2D eigenvalue weighted by molar-refractivity contribution is 1.07. The molecule has 1 heterocycles. The van der Waals surface area contributed by atoms with E-state index in [2.05, 4.69) is 38.9 Å². The van der Waals surface area contributed by atoms with Crippen LogP contribution < -0.4 is 0 Å². The van der Waals surface area contributed by atoms with Gasteiger partial charge in [-0.15, -0.1) is 0 Å². The molecule has 0 aromatic carbocycles. The van der Waals surface area contributed by atoms with Crippen LogP contribution in [0.15, 0.2) is 0 Å². The number of halogens is 1. The van der Waals surface area contributed by atoms with Crippen LogP contribution in [0.25, 0.3) is 0 Å². The maximum Gasteiger partial charge on any atom is 0.203 e. The fraction of sp³-hybridized carbons (Fsp3) is 0.500. The van der Waals surface area contributed by atoms with E-state index in [1.165, 1.54) is 11.5 Å². The molecule has 0 saturated carbocycles. The van der Waals surface area contributed by atoms with Gasteiger partial charge in [-0.25, -0.2) is 4.98 Å². The quantitative estimate of drug-likeness (QED) is 0.698. The van der Waals surface area contributed by atoms with Gasteiger partial charge in [0.25, 0.3) is 0 Å². The second kappa shape index (κ2) is 2.72. The Bertz CT molecular complexity index is 174. The summed E-state index contributed by atoms with van der Waals surface area (Å²) in [6.07, 6.45) is 1.00. The van der Waals surface area contributed by atoms with Crippen LogP contribution in [0.5, 0.6) is 0 Å². The standard InChI is InChI=1S/C4H5IN2S/c1-2-3-6-4(5)7-8-3/h2H2,1H3. The minimum absolute atomic E-state index is 0.865. The Kier molecular flexibility index (Phi) is 2.18. The fourth-order valence-electron chi connectivity index (χ4n) is 0.378. The summed E-state index contributed by atoms with van der Waals surface area (Å²) >= 11 is 3.59. The lowest BCUT2D eigenvalue weighted by Crippen LogP contribution is -1.75. The topological polar surface area (TPSA) is 25.8 Å². The molecule has 0 spiro atoms. The summed E-state index contributed by atoms with van der Waals surface area (Å²) in [5.74, 6) is 0. The Hall–Kier alpha value is 0.290. The van der Waals surface area contributed by atoms with Crippen LogP contribution in [-0.4, -0.2) is 9.36 Å². The van der Waals surface area contributed by atoms with E-state index < -0.39 is 0 Å². The van der Waals surface area contributed by atoms with Crippen molar-refractivity contribution in [2.75, 3.05) is 0 Å². The Balaban J connectivity index is 2.84. The van der Waals surface area contributed by atoms with E-state index in [0.717, 1.165) is 15.3 Å². The number of aryl methyl sites for hydroxylation is 1. The summed E-state index contributed by atoms with van der Waals surface area (Å²) < 4.78 is 4.87. The number of hydrogen-bond acceptors (Lipinski definition) is 3. The summed E-state index contributed by atoms with van der Waals surface area (Å²) in [6, 6.07) is 0. The molecule has 1 aromatic heterocycles. The van der Waals surface area contributed by atoms with Crippen molar-refractivity contribution in [1.29, 1.82) is 0 Å². The smallest absolute Gasteiger partial charge is 0.203 e. The molecule has 0 aliphatic carbocycles. The second-order valence-electron chi connectivity index (χ2n) is 1.31. The second-order valence-corrected chi connectivity index (χ2v) is 3.11. The predicted octanol–water partition coefficient (Wildman–Crippen LogP) is 1.71. The predicted molar refractivity (Wildman–Crippen MR) is 42.0 cm³/mol. The first-order valence-corrected chi connectivity index (χ1v) is 4.16. The van der Waals surface area contributed by atoms with Crippen LogP contribution in [0.2, 0.25) is 0 Å². The van der Waals surface area contributed by atoms with E-state index in [9.17, 15) is 0 Å². The van der Waals surface area contributed by atoms with Crippen LogP contribution >= 0.6 is 34.1 Å². The lowest BCUT2D eigenvalue weighted by atomic mass is 10.5. The van der Waals surface area contributed by atoms with E-state index >= 15 is 0 Å². The molecule has 0 fully saturated rings. The molecule has 1 rings (SSSR count). The largest absolute Gasteiger partial charge is 0.215 e. The van der Waals surface area contributed by atoms with Crippen molar-refractivity contribution >= 4 is 34.1 Å². The molecule has 0 aliphatic heterocycles. The average molecular weight is 240 g/mol. The van der Waals surface area contributed by atoms with Gasteiger partial charge in [0.2, 0.25) is 3.83 Å². The van der Waals surface area contributed by atoms with Crippen molar-refractivity contribution in [2.24, 2.45) is 0 Å². The van der Waals surface area contributed by atoms with Gasteiger partial charge in [0.1, 0.15) is 5.01 Å². The van der Waals surface area contributed by atoms with Crippen LogP contribution in [-0.2, 0) is 6.42 Å². The van der Waals surface area contributed by atoms with Gasteiger partial charge in [0.05, 0.1) is 0 Å². The summed E-state index contributed by atoms with van der Waals surface area (Å²) in [5, 5.41) is 1.12. The van der Waals surface area contributed by atoms with Crippen molar-refractivity contribution < 1.29 is 0 Å². The van der Waals surface area contributed by atoms with Crippen LogP contribution in [0.1, 0.15) is 11.9 Å². The van der Waals surface area contributed by atoms with E-state index in [4.69, 9.17) is 0 Å². The maximum absolute atomic E-state index is 4.12. The first-order chi connectivity index (χ1) is 3.83. The number of nitrogens with zero attached hydrogens (tertiary/aromatic N) is 2. The molecule has 1 aromatic rings. The minimum atomic E-state index is 0.865. The molecule has 4 heteroatoms. The molecule has 2 nitrogen and oxygen atoms in total. The monoisotopic (exact) mass is 240 g/mol. The zero-order valence-corrected chi connectivity index (χ0v) is 7.36. The van der Waals surface area contributed by atoms with E-state index in [1.54, 1.807) is 0 Å². The van der Waals surface area contributed by atoms with Gasteiger partial charge in [0, 0.05) is 22.6 Å². The third-order valence-corrected chi connectivity index (χ3v) is 2.41. The fourth-order valence-corrected chi connectivity index (χ4v) is 1.61. The summed E-state index contributed by atoms with van der Waals surface area (Å²) in [7, 11) is 0. The average Bonchev–Trinajstić information content (AvgIpc) is 2.14. The van der Waals surface area contributed by atoms with Gasteiger partial charge in [-0.1, -0.05) is 6.92 Å². The van der Waals surface area contributed by atoms with Gasteiger partial charge in [0.15, 0.2) is 0 Å². The molecule has 0 bridgehead atoms. The Morgan fingerprint density at radius 1 is 1.75 bits per heavy atom. The Morgan fingerprint density at radius 3 is 2.75 bits per heavy atom. The lowest BCUT2D eigenvalue weighted by Gasteiger charge is -1.76. The highest BCUT2D eigenvalue weighted by Gasteiger charge is 1.94. The van der Waals surface area contributed by atoms with E-state index in [1.807, 2.05) is 0 Å². The summed E-state index contributed by atoms with van der Waals surface area (Å²) in [5.41, 5.74) is 0. The molecule has 0 saturated heterocycles. The highest BCUT2D eigenvalue weighted by atomic mass is 127. The highest BCUT2D eigenvalue weighted by molar-refractivity contribution is 14.1. The minimum Gasteiger partial charge on any atom is -0.215 e.